The Morgan fingerprint density at radius 2 is 1.17 bits per heavy atom. The maximum atomic E-state index is 12.3. The van der Waals surface area contributed by atoms with Crippen molar-refractivity contribution < 1.29 is 28.9 Å². The van der Waals surface area contributed by atoms with E-state index >= 15 is 0 Å². The number of anilines is 4. The fourth-order valence-electron chi connectivity index (χ4n) is 5.98. The van der Waals surface area contributed by atoms with Crippen molar-refractivity contribution in [2.24, 2.45) is 11.8 Å². The molecule has 2 aromatic carbocycles. The van der Waals surface area contributed by atoms with E-state index in [1.54, 1.807) is 56.6 Å². The summed E-state index contributed by atoms with van der Waals surface area (Å²) in [6.45, 7) is 9.20. The summed E-state index contributed by atoms with van der Waals surface area (Å²) in [6, 6.07) is 15.3. The van der Waals surface area contributed by atoms with Crippen LogP contribution < -0.4 is 36.1 Å². The van der Waals surface area contributed by atoms with Crippen LogP contribution in [0.2, 0.25) is 0 Å². The minimum absolute atomic E-state index is 0.0802. The van der Waals surface area contributed by atoms with Crippen molar-refractivity contribution in [1.82, 2.24) is 20.2 Å². The Kier molecular flexibility index (Phi) is 18.0. The zero-order valence-electron chi connectivity index (χ0n) is 33.5. The zero-order valence-corrected chi connectivity index (χ0v) is 34.3. The van der Waals surface area contributed by atoms with Crippen molar-refractivity contribution in [2.75, 3.05) is 74.0 Å². The highest BCUT2D eigenvalue weighted by Crippen LogP contribution is 2.33. The van der Waals surface area contributed by atoms with Gasteiger partial charge in [-0.25, -0.2) is 9.97 Å². The number of halogens is 1. The smallest absolute Gasteiger partial charge is 0.296 e. The van der Waals surface area contributed by atoms with Crippen molar-refractivity contribution in [3.05, 3.63) is 93.3 Å². The molecule has 59 heavy (non-hydrogen) atoms. The van der Waals surface area contributed by atoms with Gasteiger partial charge in [-0.1, -0.05) is 13.8 Å². The van der Waals surface area contributed by atoms with Crippen LogP contribution in [0.25, 0.3) is 0 Å². The number of alkyl halides is 1. The molecule has 2 fully saturated rings. The van der Waals surface area contributed by atoms with Crippen molar-refractivity contribution in [1.29, 1.82) is 0 Å². The number of nitro groups is 2. The third-order valence-electron chi connectivity index (χ3n) is 9.33. The first-order valence-corrected chi connectivity index (χ1v) is 19.7. The summed E-state index contributed by atoms with van der Waals surface area (Å²) in [5, 5.41) is 36.3. The molecule has 19 heteroatoms. The number of hydrogen-bond acceptors (Lipinski definition) is 14. The van der Waals surface area contributed by atoms with Crippen LogP contribution in [-0.2, 0) is 9.59 Å². The lowest BCUT2D eigenvalue weighted by Crippen LogP contribution is -2.38. The molecule has 4 heterocycles. The topological polar surface area (TPSA) is 228 Å². The number of benzene rings is 2. The fourth-order valence-corrected chi connectivity index (χ4v) is 6.05. The third-order valence-corrected chi connectivity index (χ3v) is 9.58. The van der Waals surface area contributed by atoms with Gasteiger partial charge in [-0.05, 0) is 100 Å². The normalized spacial score (nSPS) is 14.3. The molecule has 0 aliphatic carbocycles. The predicted molar refractivity (Wildman–Crippen MR) is 228 cm³/mol. The van der Waals surface area contributed by atoms with Crippen molar-refractivity contribution in [3.63, 3.8) is 0 Å². The molecule has 2 saturated heterocycles. The quantitative estimate of drug-likeness (QED) is 0.0499. The van der Waals surface area contributed by atoms with Crippen LogP contribution in [0.15, 0.2) is 73.1 Å². The molecule has 0 spiro atoms. The Hall–Kier alpha value is -6.11. The van der Waals surface area contributed by atoms with E-state index in [1.807, 2.05) is 0 Å². The Labute approximate surface area is 347 Å². The minimum Gasteiger partial charge on any atom is -0.457 e. The number of nitrogens with zero attached hydrogens (tertiary/aromatic N) is 5. The van der Waals surface area contributed by atoms with Gasteiger partial charge in [-0.15, -0.1) is 11.6 Å². The van der Waals surface area contributed by atoms with Gasteiger partial charge < -0.3 is 36.1 Å². The summed E-state index contributed by atoms with van der Waals surface area (Å²) in [7, 11) is 3.21. The summed E-state index contributed by atoms with van der Waals surface area (Å²) < 4.78 is 11.3. The second-order valence-corrected chi connectivity index (χ2v) is 14.2. The molecule has 18 nitrogen and oxygen atoms in total. The molecule has 2 aliphatic rings. The monoisotopic (exact) mass is 834 g/mol. The van der Waals surface area contributed by atoms with E-state index in [-0.39, 0.29) is 34.7 Å². The van der Waals surface area contributed by atoms with Gasteiger partial charge in [0, 0.05) is 38.6 Å². The average molecular weight is 835 g/mol. The lowest BCUT2D eigenvalue weighted by molar-refractivity contribution is -0.384. The fraction of sp³-hybridized carbons (Fsp3) is 0.400. The number of amides is 2. The van der Waals surface area contributed by atoms with Crippen molar-refractivity contribution in [2.45, 2.75) is 39.5 Å². The molecule has 316 valence electrons. The first-order chi connectivity index (χ1) is 28.4. The molecule has 5 N–H and O–H groups in total. The Bertz CT molecular complexity index is 2030. The van der Waals surface area contributed by atoms with Crippen LogP contribution in [0.3, 0.4) is 0 Å². The van der Waals surface area contributed by atoms with Crippen LogP contribution >= 0.6 is 11.6 Å². The molecule has 0 radical (unpaired) electrons. The Morgan fingerprint density at radius 3 is 1.58 bits per heavy atom. The standard InChI is InChI=1S/C20H25N5O4.C14H13ClN4O4.C6H13N/c1-14-6-9-24(10-7-14)13-20(26)23-19-12-16(5-8-22-19)29-15-3-4-17(21-2)18(11-15)25(27)28;1-16-11-3-2-9(6-12(11)19(21)22)23-10-4-5-17-13(7-10)18-14(20)8-15;1-6-2-4-7-5-3-6/h3-5,8,11-12,14,21H,6-7,9-10,13H2,1-2H3,(H,22,23,26);2-7,16H,8H2,1H3,(H,17,18,20);6-7H,2-5H2,1H3. The largest absolute Gasteiger partial charge is 0.457 e. The molecule has 2 aromatic heterocycles. The maximum absolute atomic E-state index is 12.3. The first-order valence-electron chi connectivity index (χ1n) is 19.2. The molecule has 0 bridgehead atoms. The lowest BCUT2D eigenvalue weighted by Gasteiger charge is -2.29. The lowest BCUT2D eigenvalue weighted by atomic mass is 9.99. The highest BCUT2D eigenvalue weighted by atomic mass is 35.5. The number of carbonyl (C=O) groups is 2. The van der Waals surface area contributed by atoms with Crippen molar-refractivity contribution in [3.8, 4) is 23.0 Å². The van der Waals surface area contributed by atoms with Crippen LogP contribution in [0.5, 0.6) is 23.0 Å². The number of pyridine rings is 2. The number of hydrogen-bond donors (Lipinski definition) is 5. The van der Waals surface area contributed by atoms with E-state index in [9.17, 15) is 29.8 Å². The Morgan fingerprint density at radius 1 is 0.729 bits per heavy atom. The molecule has 0 saturated carbocycles. The number of rotatable bonds is 13. The Balaban J connectivity index is 0.000000227. The van der Waals surface area contributed by atoms with E-state index in [4.69, 9.17) is 21.1 Å². The molecule has 0 atom stereocenters. The van der Waals surface area contributed by atoms with Gasteiger partial charge in [0.05, 0.1) is 28.5 Å². The summed E-state index contributed by atoms with van der Waals surface area (Å²) in [5.41, 5.74) is 0.599. The number of aromatic nitrogens is 2. The van der Waals surface area contributed by atoms with Crippen LogP contribution in [0.4, 0.5) is 34.4 Å². The maximum Gasteiger partial charge on any atom is 0.296 e. The van der Waals surface area contributed by atoms with E-state index < -0.39 is 15.8 Å². The van der Waals surface area contributed by atoms with Gasteiger partial charge >= 0.3 is 0 Å². The number of nitrogens with one attached hydrogen (secondary N) is 5. The average Bonchev–Trinajstić information content (AvgIpc) is 3.22. The van der Waals surface area contributed by atoms with Gasteiger partial charge in [0.15, 0.2) is 0 Å². The number of piperidine rings is 2. The molecule has 2 amide bonds. The SMILES string of the molecule is CC1CCNCC1.CNc1ccc(Oc2ccnc(NC(=O)CCl)c2)cc1[N+](=O)[O-].CNc1ccc(Oc2ccnc(NC(=O)CN3CCC(C)CC3)c2)cc1[N+](=O)[O-]. The van der Waals surface area contributed by atoms with E-state index in [2.05, 4.69) is 55.3 Å². The van der Waals surface area contributed by atoms with Gasteiger partial charge in [-0.3, -0.25) is 34.7 Å². The molecular formula is C40H51ClN10O8. The zero-order chi connectivity index (χ0) is 42.7. The molecule has 4 aromatic rings. The molecule has 0 unspecified atom stereocenters. The van der Waals surface area contributed by atoms with Crippen LogP contribution in [0, 0.1) is 32.1 Å². The summed E-state index contributed by atoms with van der Waals surface area (Å²) in [5.74, 6) is 3.02. The summed E-state index contributed by atoms with van der Waals surface area (Å²) in [4.78, 5) is 55.0. The second-order valence-electron chi connectivity index (χ2n) is 14.0. The molecule has 6 rings (SSSR count). The summed E-state index contributed by atoms with van der Waals surface area (Å²) >= 11 is 5.41. The first kappa shape index (κ1) is 45.6. The molecule has 2 aliphatic heterocycles. The van der Waals surface area contributed by atoms with E-state index in [1.165, 1.54) is 56.5 Å². The summed E-state index contributed by atoms with van der Waals surface area (Å²) in [6.07, 6.45) is 7.92. The number of carbonyl (C=O) groups excluding carboxylic acids is 2. The van der Waals surface area contributed by atoms with Gasteiger partial charge in [0.1, 0.15) is 51.9 Å². The predicted octanol–water partition coefficient (Wildman–Crippen LogP) is 7.50. The van der Waals surface area contributed by atoms with Crippen LogP contribution in [-0.4, -0.2) is 89.2 Å². The number of nitro benzene ring substituents is 2. The van der Waals surface area contributed by atoms with Crippen molar-refractivity contribution >= 4 is 57.8 Å². The van der Waals surface area contributed by atoms with Gasteiger partial charge in [0.25, 0.3) is 11.4 Å². The van der Waals surface area contributed by atoms with E-state index in [0.717, 1.165) is 31.8 Å². The highest BCUT2D eigenvalue weighted by molar-refractivity contribution is 6.29. The second kappa shape index (κ2) is 23.3. The minimum atomic E-state index is -0.503. The highest BCUT2D eigenvalue weighted by Gasteiger charge is 2.19. The van der Waals surface area contributed by atoms with Gasteiger partial charge in [-0.2, -0.15) is 0 Å². The third kappa shape index (κ3) is 15.3. The van der Waals surface area contributed by atoms with E-state index in [0.29, 0.717) is 46.9 Å². The van der Waals surface area contributed by atoms with Gasteiger partial charge in [0.2, 0.25) is 11.8 Å². The molecular weight excluding hydrogens is 784 g/mol. The van der Waals surface area contributed by atoms with Crippen LogP contribution in [0.1, 0.15) is 39.5 Å². The number of ether oxygens (including phenoxy) is 2. The number of likely N-dealkylation sites (tertiary alicyclic amines) is 1.